The highest BCUT2D eigenvalue weighted by molar-refractivity contribution is 5.00. The van der Waals surface area contributed by atoms with Crippen molar-refractivity contribution in [2.45, 2.75) is 50.6 Å². The molecule has 0 bridgehead atoms. The summed E-state index contributed by atoms with van der Waals surface area (Å²) in [6.07, 6.45) is 6.63. The third-order valence-electron chi connectivity index (χ3n) is 5.96. The molecule has 20 heavy (non-hydrogen) atoms. The van der Waals surface area contributed by atoms with Gasteiger partial charge in [0.1, 0.15) is 0 Å². The monoisotopic (exact) mass is 280 g/mol. The lowest BCUT2D eigenvalue weighted by molar-refractivity contribution is -0.0180. The Hall–Kier alpha value is -0.160. The van der Waals surface area contributed by atoms with Gasteiger partial charge >= 0.3 is 0 Å². The summed E-state index contributed by atoms with van der Waals surface area (Å²) >= 11 is 0. The third-order valence-corrected chi connectivity index (χ3v) is 5.96. The molecule has 116 valence electrons. The first-order valence-corrected chi connectivity index (χ1v) is 8.69. The zero-order valence-electron chi connectivity index (χ0n) is 13.2. The van der Waals surface area contributed by atoms with Gasteiger partial charge in [0, 0.05) is 37.8 Å². The van der Waals surface area contributed by atoms with Crippen molar-refractivity contribution < 1.29 is 0 Å². The van der Waals surface area contributed by atoms with Gasteiger partial charge in [0.15, 0.2) is 0 Å². The smallest absolute Gasteiger partial charge is 0.0357 e. The second kappa shape index (κ2) is 6.30. The largest absolute Gasteiger partial charge is 0.329 e. The van der Waals surface area contributed by atoms with Gasteiger partial charge in [-0.25, -0.2) is 0 Å². The maximum atomic E-state index is 6.25. The normalized spacial score (nSPS) is 32.4. The summed E-state index contributed by atoms with van der Waals surface area (Å²) in [6.45, 7) is 12.0. The molecule has 0 aromatic heterocycles. The molecule has 4 heteroatoms. The van der Waals surface area contributed by atoms with E-state index in [1.165, 1.54) is 77.9 Å². The number of fused-ring (bicyclic) bond motifs is 1. The topological polar surface area (TPSA) is 35.7 Å². The Kier molecular flexibility index (Phi) is 4.65. The van der Waals surface area contributed by atoms with E-state index in [2.05, 4.69) is 21.6 Å². The molecule has 4 nitrogen and oxygen atoms in total. The van der Waals surface area contributed by atoms with Gasteiger partial charge in [-0.05, 0) is 58.3 Å². The molecule has 0 aliphatic carbocycles. The summed E-state index contributed by atoms with van der Waals surface area (Å²) in [6, 6.07) is 0.820. The van der Waals surface area contributed by atoms with Crippen LogP contribution in [0.1, 0.15) is 39.0 Å². The van der Waals surface area contributed by atoms with Gasteiger partial charge in [-0.3, -0.25) is 9.80 Å². The molecule has 0 radical (unpaired) electrons. The molecule has 3 rings (SSSR count). The van der Waals surface area contributed by atoms with Crippen molar-refractivity contribution in [2.75, 3.05) is 52.4 Å². The lowest BCUT2D eigenvalue weighted by Gasteiger charge is -2.52. The first-order chi connectivity index (χ1) is 9.77. The van der Waals surface area contributed by atoms with Crippen molar-refractivity contribution >= 4 is 0 Å². The number of piperidine rings is 1. The molecule has 3 saturated heterocycles. The molecule has 3 fully saturated rings. The Balaban J connectivity index is 1.61. The summed E-state index contributed by atoms with van der Waals surface area (Å²) in [4.78, 5) is 8.09. The van der Waals surface area contributed by atoms with Crippen LogP contribution in [0.3, 0.4) is 0 Å². The van der Waals surface area contributed by atoms with Crippen molar-refractivity contribution in [1.82, 2.24) is 14.7 Å². The maximum absolute atomic E-state index is 6.25. The summed E-state index contributed by atoms with van der Waals surface area (Å²) in [7, 11) is 0. The van der Waals surface area contributed by atoms with Crippen LogP contribution < -0.4 is 5.73 Å². The van der Waals surface area contributed by atoms with E-state index in [1.807, 2.05) is 0 Å². The zero-order valence-corrected chi connectivity index (χ0v) is 13.2. The molecule has 0 aromatic carbocycles. The number of nitrogens with zero attached hydrogens (tertiary/aromatic N) is 3. The highest BCUT2D eigenvalue weighted by atomic mass is 15.3. The fraction of sp³-hybridized carbons (Fsp3) is 1.00. The molecule has 3 heterocycles. The van der Waals surface area contributed by atoms with Crippen LogP contribution in [-0.2, 0) is 0 Å². The van der Waals surface area contributed by atoms with E-state index < -0.39 is 0 Å². The van der Waals surface area contributed by atoms with Crippen LogP contribution in [0.2, 0.25) is 0 Å². The number of hydrogen-bond acceptors (Lipinski definition) is 4. The lowest BCUT2D eigenvalue weighted by atomic mass is 9.84. The predicted molar refractivity (Wildman–Crippen MR) is 83.9 cm³/mol. The lowest BCUT2D eigenvalue weighted by Crippen LogP contribution is -2.65. The summed E-state index contributed by atoms with van der Waals surface area (Å²) in [5.41, 5.74) is 6.56. The van der Waals surface area contributed by atoms with E-state index in [-0.39, 0.29) is 0 Å². The van der Waals surface area contributed by atoms with Crippen molar-refractivity contribution in [3.8, 4) is 0 Å². The standard InChI is InChI=1S/C16H32N4/c1-2-7-18-9-5-16(14-17,6-10-18)20-12-11-19-8-3-4-15(19)13-20/h15H,2-14,17H2,1H3. The second-order valence-corrected chi connectivity index (χ2v) is 7.05. The number of hydrogen-bond donors (Lipinski definition) is 1. The van der Waals surface area contributed by atoms with Crippen molar-refractivity contribution in [3.05, 3.63) is 0 Å². The first-order valence-electron chi connectivity index (χ1n) is 8.69. The molecular formula is C16H32N4. The first kappa shape index (κ1) is 14.8. The van der Waals surface area contributed by atoms with Gasteiger partial charge in [-0.2, -0.15) is 0 Å². The maximum Gasteiger partial charge on any atom is 0.0357 e. The number of rotatable bonds is 4. The van der Waals surface area contributed by atoms with Gasteiger partial charge < -0.3 is 10.6 Å². The SMILES string of the molecule is CCCN1CCC(CN)(N2CCN3CCCC3C2)CC1. The van der Waals surface area contributed by atoms with Gasteiger partial charge in [0.05, 0.1) is 0 Å². The van der Waals surface area contributed by atoms with Crippen LogP contribution in [0.25, 0.3) is 0 Å². The van der Waals surface area contributed by atoms with Gasteiger partial charge in [-0.15, -0.1) is 0 Å². The Bertz CT molecular complexity index is 312. The molecule has 0 aromatic rings. The van der Waals surface area contributed by atoms with Gasteiger partial charge in [0.2, 0.25) is 0 Å². The van der Waals surface area contributed by atoms with Crippen LogP contribution in [0.5, 0.6) is 0 Å². The number of likely N-dealkylation sites (tertiary alicyclic amines) is 1. The van der Waals surface area contributed by atoms with E-state index in [4.69, 9.17) is 5.73 Å². The molecule has 2 N–H and O–H groups in total. The molecular weight excluding hydrogens is 248 g/mol. The van der Waals surface area contributed by atoms with Crippen molar-refractivity contribution in [3.63, 3.8) is 0 Å². The fourth-order valence-electron chi connectivity index (χ4n) is 4.58. The average molecular weight is 280 g/mol. The van der Waals surface area contributed by atoms with Crippen LogP contribution in [0.15, 0.2) is 0 Å². The molecule has 3 aliphatic heterocycles. The number of nitrogens with two attached hydrogens (primary N) is 1. The minimum atomic E-state index is 0.304. The summed E-state index contributed by atoms with van der Waals surface area (Å²) in [5.74, 6) is 0. The van der Waals surface area contributed by atoms with E-state index in [0.29, 0.717) is 5.54 Å². The van der Waals surface area contributed by atoms with Gasteiger partial charge in [0.25, 0.3) is 0 Å². The molecule has 1 atom stereocenters. The van der Waals surface area contributed by atoms with E-state index in [1.54, 1.807) is 0 Å². The molecule has 3 aliphatic rings. The minimum absolute atomic E-state index is 0.304. The Morgan fingerprint density at radius 3 is 2.60 bits per heavy atom. The van der Waals surface area contributed by atoms with Crippen molar-refractivity contribution in [1.29, 1.82) is 0 Å². The Labute approximate surface area is 124 Å². The molecule has 1 unspecified atom stereocenters. The highest BCUT2D eigenvalue weighted by Crippen LogP contribution is 2.32. The Morgan fingerprint density at radius 1 is 1.10 bits per heavy atom. The summed E-state index contributed by atoms with van der Waals surface area (Å²) in [5, 5.41) is 0. The quantitative estimate of drug-likeness (QED) is 0.832. The highest BCUT2D eigenvalue weighted by Gasteiger charge is 2.42. The van der Waals surface area contributed by atoms with Crippen molar-refractivity contribution in [2.24, 2.45) is 5.73 Å². The van der Waals surface area contributed by atoms with E-state index >= 15 is 0 Å². The van der Waals surface area contributed by atoms with Crippen LogP contribution in [-0.4, -0.2) is 78.6 Å². The molecule has 0 amide bonds. The van der Waals surface area contributed by atoms with Crippen LogP contribution in [0.4, 0.5) is 0 Å². The molecule has 0 spiro atoms. The minimum Gasteiger partial charge on any atom is -0.329 e. The van der Waals surface area contributed by atoms with Gasteiger partial charge in [-0.1, -0.05) is 6.92 Å². The van der Waals surface area contributed by atoms with E-state index in [0.717, 1.165) is 12.6 Å². The van der Waals surface area contributed by atoms with Crippen LogP contribution in [0, 0.1) is 0 Å². The zero-order chi connectivity index (χ0) is 14.0. The van der Waals surface area contributed by atoms with Crippen LogP contribution >= 0.6 is 0 Å². The predicted octanol–water partition coefficient (Wildman–Crippen LogP) is 0.970. The third kappa shape index (κ3) is 2.76. The average Bonchev–Trinajstić information content (AvgIpc) is 2.96. The summed E-state index contributed by atoms with van der Waals surface area (Å²) < 4.78 is 0. The Morgan fingerprint density at radius 2 is 1.90 bits per heavy atom. The van der Waals surface area contributed by atoms with E-state index in [9.17, 15) is 0 Å². The number of piperazine rings is 1. The molecule has 0 saturated carbocycles. The second-order valence-electron chi connectivity index (χ2n) is 7.05. The fourth-order valence-corrected chi connectivity index (χ4v) is 4.58.